The van der Waals surface area contributed by atoms with Crippen LogP contribution in [0.3, 0.4) is 0 Å². The maximum atomic E-state index is 15.4. The van der Waals surface area contributed by atoms with Gasteiger partial charge < -0.3 is 14.4 Å². The molecule has 2 heterocycles. The fourth-order valence-corrected chi connectivity index (χ4v) is 5.80. The number of H-pyrrole nitrogens is 1. The monoisotopic (exact) mass is 545 g/mol. The number of carbonyl (C=O) groups is 1. The number of para-hydroxylation sites is 1. The van der Waals surface area contributed by atoms with Crippen molar-refractivity contribution in [3.63, 3.8) is 0 Å². The van der Waals surface area contributed by atoms with Gasteiger partial charge in [0.15, 0.2) is 11.9 Å². The zero-order valence-corrected chi connectivity index (χ0v) is 21.8. The third kappa shape index (κ3) is 6.72. The molecule has 1 saturated heterocycles. The van der Waals surface area contributed by atoms with Gasteiger partial charge in [0.05, 0.1) is 12.6 Å². The van der Waals surface area contributed by atoms with Crippen molar-refractivity contribution in [1.29, 1.82) is 0 Å². The van der Waals surface area contributed by atoms with Crippen LogP contribution in [0.4, 0.5) is 4.39 Å². The first-order valence-electron chi connectivity index (χ1n) is 11.1. The lowest BCUT2D eigenvalue weighted by molar-refractivity contribution is -0.112. The van der Waals surface area contributed by atoms with Gasteiger partial charge in [0.25, 0.3) is 5.56 Å². The number of aromatic amines is 1. The van der Waals surface area contributed by atoms with E-state index < -0.39 is 55.7 Å². The van der Waals surface area contributed by atoms with E-state index in [1.165, 1.54) is 19.1 Å². The second kappa shape index (κ2) is 11.4. The molecule has 36 heavy (non-hydrogen) atoms. The Bertz CT molecular complexity index is 1220. The number of hydrogen-bond acceptors (Lipinski definition) is 9. The molecule has 0 aliphatic carbocycles. The van der Waals surface area contributed by atoms with Crippen LogP contribution in [0.2, 0.25) is 0 Å². The molecule has 0 saturated carbocycles. The highest BCUT2D eigenvalue weighted by atomic mass is 32.2. The first-order valence-corrected chi connectivity index (χ1v) is 13.6. The Morgan fingerprint density at radius 1 is 1.31 bits per heavy atom. The van der Waals surface area contributed by atoms with E-state index in [0.717, 1.165) is 35.5 Å². The molecule has 1 unspecified atom stereocenters. The SMILES string of the molecule is CC(C)SC(=O)[C@H](C)NP(=O)(OC[C@H]1O[C@@H](n2ccc(=O)[nH]c2=O)[C@](C)(F)[C@@H]1O)Oc1ccccc1. The van der Waals surface area contributed by atoms with Crippen LogP contribution in [0.15, 0.2) is 52.2 Å². The van der Waals surface area contributed by atoms with Gasteiger partial charge in [0.2, 0.25) is 5.12 Å². The zero-order chi connectivity index (χ0) is 26.7. The van der Waals surface area contributed by atoms with Crippen LogP contribution in [0.25, 0.3) is 0 Å². The fourth-order valence-electron chi connectivity index (χ4n) is 3.47. The summed E-state index contributed by atoms with van der Waals surface area (Å²) in [6.45, 7) is 5.60. The summed E-state index contributed by atoms with van der Waals surface area (Å²) in [4.78, 5) is 37.9. The molecule has 0 bridgehead atoms. The van der Waals surface area contributed by atoms with E-state index >= 15 is 4.39 Å². The first kappa shape index (κ1) is 28.3. The molecule has 0 spiro atoms. The van der Waals surface area contributed by atoms with Crippen molar-refractivity contribution in [2.24, 2.45) is 0 Å². The number of aromatic nitrogens is 2. The predicted molar refractivity (Wildman–Crippen MR) is 132 cm³/mol. The Balaban J connectivity index is 1.80. The number of nitrogens with zero attached hydrogens (tertiary/aromatic N) is 1. The Morgan fingerprint density at radius 3 is 2.58 bits per heavy atom. The smallest absolute Gasteiger partial charge is 0.413 e. The van der Waals surface area contributed by atoms with E-state index in [0.29, 0.717) is 0 Å². The van der Waals surface area contributed by atoms with Crippen molar-refractivity contribution >= 4 is 24.6 Å². The van der Waals surface area contributed by atoms with E-state index in [2.05, 4.69) is 5.09 Å². The van der Waals surface area contributed by atoms with Gasteiger partial charge in [0, 0.05) is 17.5 Å². The lowest BCUT2D eigenvalue weighted by Crippen LogP contribution is -2.43. The molecule has 1 aromatic carbocycles. The molecule has 1 aliphatic heterocycles. The molecule has 2 aromatic rings. The summed E-state index contributed by atoms with van der Waals surface area (Å²) in [5.74, 6) is 0.186. The summed E-state index contributed by atoms with van der Waals surface area (Å²) < 4.78 is 46.5. The number of thioether (sulfide) groups is 1. The summed E-state index contributed by atoms with van der Waals surface area (Å²) in [7, 11) is -4.24. The number of benzene rings is 1. The third-order valence-electron chi connectivity index (χ3n) is 5.26. The van der Waals surface area contributed by atoms with Crippen LogP contribution in [-0.2, 0) is 18.6 Å². The lowest BCUT2D eigenvalue weighted by atomic mass is 9.98. The summed E-state index contributed by atoms with van der Waals surface area (Å²) in [5.41, 5.74) is -4.08. The number of ether oxygens (including phenoxy) is 1. The lowest BCUT2D eigenvalue weighted by Gasteiger charge is -2.25. The minimum atomic E-state index is -4.24. The van der Waals surface area contributed by atoms with Gasteiger partial charge in [-0.05, 0) is 26.0 Å². The standard InChI is InChI=1S/C22H29FN3O8PS/c1-13(2)36-19(29)14(3)25-35(31,34-15-8-6-5-7-9-15)32-12-16-18(28)22(4,23)20(33-16)26-11-10-17(27)24-21(26)30/h5-11,13-14,16,18,20,28H,12H2,1-4H3,(H,25,31)(H,24,27,30)/t14-,16+,18+,20+,22+,35?/m0/s1. The molecule has 14 heteroatoms. The maximum absolute atomic E-state index is 15.4. The van der Waals surface area contributed by atoms with E-state index in [4.69, 9.17) is 13.8 Å². The van der Waals surface area contributed by atoms with Crippen LogP contribution in [0, 0.1) is 0 Å². The highest BCUT2D eigenvalue weighted by Crippen LogP contribution is 2.47. The minimum absolute atomic E-state index is 0.00497. The van der Waals surface area contributed by atoms with Crippen LogP contribution in [0.1, 0.15) is 33.9 Å². The van der Waals surface area contributed by atoms with Gasteiger partial charge in [-0.1, -0.05) is 43.8 Å². The van der Waals surface area contributed by atoms with Crippen molar-refractivity contribution in [1.82, 2.24) is 14.6 Å². The molecule has 1 fully saturated rings. The minimum Gasteiger partial charge on any atom is -0.413 e. The summed E-state index contributed by atoms with van der Waals surface area (Å²) in [5, 5.41) is 12.9. The molecule has 3 N–H and O–H groups in total. The van der Waals surface area contributed by atoms with Gasteiger partial charge in [0.1, 0.15) is 18.0 Å². The van der Waals surface area contributed by atoms with Gasteiger partial charge >= 0.3 is 13.4 Å². The Kier molecular flexibility index (Phi) is 8.97. The van der Waals surface area contributed by atoms with Gasteiger partial charge in [-0.25, -0.2) is 18.8 Å². The number of carbonyl (C=O) groups excluding carboxylic acids is 1. The number of aliphatic hydroxyl groups excluding tert-OH is 1. The second-order valence-corrected chi connectivity index (χ2v) is 11.9. The topological polar surface area (TPSA) is 149 Å². The largest absolute Gasteiger partial charge is 0.459 e. The first-order chi connectivity index (χ1) is 16.8. The summed E-state index contributed by atoms with van der Waals surface area (Å²) >= 11 is 1.05. The molecule has 1 aliphatic rings. The normalized spacial score (nSPS) is 26.5. The fraction of sp³-hybridized carbons (Fsp3) is 0.500. The molecule has 1 aromatic heterocycles. The van der Waals surface area contributed by atoms with Gasteiger partial charge in [-0.3, -0.25) is 23.7 Å². The van der Waals surface area contributed by atoms with Crippen molar-refractivity contribution in [3.8, 4) is 5.75 Å². The second-order valence-electron chi connectivity index (χ2n) is 8.67. The van der Waals surface area contributed by atoms with E-state index in [-0.39, 0.29) is 16.1 Å². The number of alkyl halides is 1. The number of nitrogens with one attached hydrogen (secondary N) is 2. The molecule has 198 valence electrons. The van der Waals surface area contributed by atoms with Crippen molar-refractivity contribution in [2.75, 3.05) is 6.61 Å². The van der Waals surface area contributed by atoms with Crippen molar-refractivity contribution in [3.05, 3.63) is 63.4 Å². The number of hydrogen-bond donors (Lipinski definition) is 3. The molecule has 6 atom stereocenters. The van der Waals surface area contributed by atoms with Crippen molar-refractivity contribution in [2.45, 2.75) is 63.1 Å². The Morgan fingerprint density at radius 2 is 1.97 bits per heavy atom. The van der Waals surface area contributed by atoms with Crippen molar-refractivity contribution < 1.29 is 32.6 Å². The Labute approximate surface area is 210 Å². The molecular weight excluding hydrogens is 516 g/mol. The maximum Gasteiger partial charge on any atom is 0.459 e. The van der Waals surface area contributed by atoms with E-state index in [1.807, 2.05) is 18.8 Å². The predicted octanol–water partition coefficient (Wildman–Crippen LogP) is 2.37. The average molecular weight is 546 g/mol. The highest BCUT2D eigenvalue weighted by molar-refractivity contribution is 8.14. The molecule has 11 nitrogen and oxygen atoms in total. The molecule has 3 rings (SSSR count). The number of rotatable bonds is 10. The quantitative estimate of drug-likeness (QED) is 0.380. The average Bonchev–Trinajstić information content (AvgIpc) is 3.01. The van der Waals surface area contributed by atoms with Gasteiger partial charge in [-0.2, -0.15) is 0 Å². The Hall–Kier alpha value is -2.28. The summed E-state index contributed by atoms with van der Waals surface area (Å²) in [6.07, 6.45) is -3.71. The van der Waals surface area contributed by atoms with E-state index in [9.17, 15) is 24.1 Å². The summed E-state index contributed by atoms with van der Waals surface area (Å²) in [6, 6.07) is 8.16. The van der Waals surface area contributed by atoms with Crippen LogP contribution in [0.5, 0.6) is 5.75 Å². The van der Waals surface area contributed by atoms with E-state index in [1.54, 1.807) is 18.2 Å². The van der Waals surface area contributed by atoms with Crippen LogP contribution >= 0.6 is 19.5 Å². The highest BCUT2D eigenvalue weighted by Gasteiger charge is 2.55. The molecule has 0 radical (unpaired) electrons. The third-order valence-corrected chi connectivity index (χ3v) is 7.96. The number of aliphatic hydroxyl groups is 1. The van der Waals surface area contributed by atoms with Crippen LogP contribution in [-0.4, -0.2) is 55.5 Å². The molecule has 0 amide bonds. The zero-order valence-electron chi connectivity index (χ0n) is 20.1. The van der Waals surface area contributed by atoms with Gasteiger partial charge in [-0.15, -0.1) is 0 Å². The molecular formula is C22H29FN3O8PS. The van der Waals surface area contributed by atoms with Crippen LogP contribution < -0.4 is 20.9 Å². The number of halogens is 1.